The molecule has 0 spiro atoms. The van der Waals surface area contributed by atoms with E-state index in [1.165, 1.54) is 12.8 Å². The fourth-order valence-electron chi connectivity index (χ4n) is 4.58. The van der Waals surface area contributed by atoms with Gasteiger partial charge in [0.25, 0.3) is 5.56 Å². The first kappa shape index (κ1) is 21.3. The monoisotopic (exact) mass is 416 g/mol. The van der Waals surface area contributed by atoms with Crippen molar-refractivity contribution in [1.82, 2.24) is 9.55 Å². The van der Waals surface area contributed by atoms with Crippen molar-refractivity contribution in [2.45, 2.75) is 32.2 Å². The summed E-state index contributed by atoms with van der Waals surface area (Å²) in [6.45, 7) is 1.43. The van der Waals surface area contributed by atoms with Gasteiger partial charge in [0.2, 0.25) is 0 Å². The molecule has 1 fully saturated rings. The molecule has 0 bridgehead atoms. The van der Waals surface area contributed by atoms with Gasteiger partial charge in [0.15, 0.2) is 0 Å². The SMILES string of the molecule is CN(C)c1ccc(C=Cc2nc3ccccc3c(=O)n2CC2CCCC(CN)C2)cc1. The first-order valence-electron chi connectivity index (χ1n) is 11.2. The van der Waals surface area contributed by atoms with Crippen molar-refractivity contribution in [3.05, 3.63) is 70.3 Å². The highest BCUT2D eigenvalue weighted by Gasteiger charge is 2.23. The largest absolute Gasteiger partial charge is 0.378 e. The van der Waals surface area contributed by atoms with Crippen LogP contribution in [-0.4, -0.2) is 30.2 Å². The van der Waals surface area contributed by atoms with Crippen LogP contribution in [0, 0.1) is 11.8 Å². The molecule has 1 aromatic heterocycles. The smallest absolute Gasteiger partial charge is 0.261 e. The number of benzene rings is 2. The molecule has 4 rings (SSSR count). The summed E-state index contributed by atoms with van der Waals surface area (Å²) in [4.78, 5) is 20.3. The van der Waals surface area contributed by atoms with Crippen molar-refractivity contribution in [2.75, 3.05) is 25.5 Å². The number of nitrogens with zero attached hydrogens (tertiary/aromatic N) is 3. The van der Waals surface area contributed by atoms with E-state index in [-0.39, 0.29) is 5.56 Å². The maximum Gasteiger partial charge on any atom is 0.261 e. The predicted octanol–water partition coefficient (Wildman–Crippen LogP) is 4.40. The molecule has 1 aliphatic rings. The predicted molar refractivity (Wildman–Crippen MR) is 130 cm³/mol. The number of para-hydroxylation sites is 1. The maximum atomic E-state index is 13.4. The van der Waals surface area contributed by atoms with Crippen molar-refractivity contribution in [1.29, 1.82) is 0 Å². The van der Waals surface area contributed by atoms with Crippen LogP contribution in [-0.2, 0) is 6.54 Å². The molecule has 2 unspecified atom stereocenters. The maximum absolute atomic E-state index is 13.4. The molecule has 0 radical (unpaired) electrons. The van der Waals surface area contributed by atoms with E-state index in [1.807, 2.05) is 55.1 Å². The van der Waals surface area contributed by atoms with E-state index in [0.717, 1.165) is 42.0 Å². The molecule has 0 aliphatic heterocycles. The molecule has 3 aromatic rings. The molecule has 1 saturated carbocycles. The van der Waals surface area contributed by atoms with Gasteiger partial charge >= 0.3 is 0 Å². The third kappa shape index (κ3) is 4.88. The van der Waals surface area contributed by atoms with Gasteiger partial charge in [-0.15, -0.1) is 0 Å². The highest BCUT2D eigenvalue weighted by molar-refractivity contribution is 5.79. The molecular weight excluding hydrogens is 384 g/mol. The zero-order valence-electron chi connectivity index (χ0n) is 18.5. The molecule has 31 heavy (non-hydrogen) atoms. The third-order valence-electron chi connectivity index (χ3n) is 6.39. The quantitative estimate of drug-likeness (QED) is 0.647. The lowest BCUT2D eigenvalue weighted by atomic mass is 9.81. The van der Waals surface area contributed by atoms with Gasteiger partial charge in [-0.1, -0.05) is 36.8 Å². The van der Waals surface area contributed by atoms with E-state index < -0.39 is 0 Å². The molecule has 1 aliphatic carbocycles. The standard InChI is InChI=1S/C26H32N4O/c1-29(2)22-13-10-19(11-14-22)12-15-25-28-24-9-4-3-8-23(24)26(31)30(25)18-21-7-5-6-20(16-21)17-27/h3-4,8-15,20-21H,5-7,16-18,27H2,1-2H3. The van der Waals surface area contributed by atoms with Crippen LogP contribution in [0.25, 0.3) is 23.1 Å². The van der Waals surface area contributed by atoms with Crippen molar-refractivity contribution in [3.8, 4) is 0 Å². The number of hydrogen-bond donors (Lipinski definition) is 1. The van der Waals surface area contributed by atoms with Gasteiger partial charge in [-0.25, -0.2) is 4.98 Å². The molecule has 0 saturated heterocycles. The van der Waals surface area contributed by atoms with Gasteiger partial charge < -0.3 is 10.6 Å². The lowest BCUT2D eigenvalue weighted by Gasteiger charge is -2.29. The Kier molecular flexibility index (Phi) is 6.52. The van der Waals surface area contributed by atoms with Gasteiger partial charge in [-0.3, -0.25) is 9.36 Å². The van der Waals surface area contributed by atoms with Crippen LogP contribution in [0.1, 0.15) is 37.1 Å². The Labute approximate surface area is 184 Å². The minimum absolute atomic E-state index is 0.0445. The van der Waals surface area contributed by atoms with E-state index in [1.54, 1.807) is 0 Å². The molecule has 1 heterocycles. The fourth-order valence-corrected chi connectivity index (χ4v) is 4.58. The number of anilines is 1. The van der Waals surface area contributed by atoms with Crippen LogP contribution in [0.15, 0.2) is 53.3 Å². The molecule has 5 heteroatoms. The summed E-state index contributed by atoms with van der Waals surface area (Å²) in [7, 11) is 4.06. The average molecular weight is 417 g/mol. The minimum atomic E-state index is 0.0445. The minimum Gasteiger partial charge on any atom is -0.378 e. The number of fused-ring (bicyclic) bond motifs is 1. The second kappa shape index (κ2) is 9.48. The summed E-state index contributed by atoms with van der Waals surface area (Å²) < 4.78 is 1.87. The van der Waals surface area contributed by atoms with E-state index in [9.17, 15) is 4.79 Å². The third-order valence-corrected chi connectivity index (χ3v) is 6.39. The molecule has 2 N–H and O–H groups in total. The summed E-state index contributed by atoms with van der Waals surface area (Å²) in [5.74, 6) is 1.75. The van der Waals surface area contributed by atoms with Gasteiger partial charge in [-0.2, -0.15) is 0 Å². The lowest BCUT2D eigenvalue weighted by Crippen LogP contribution is -2.31. The van der Waals surface area contributed by atoms with Crippen LogP contribution >= 0.6 is 0 Å². The zero-order valence-corrected chi connectivity index (χ0v) is 18.5. The van der Waals surface area contributed by atoms with Gasteiger partial charge in [0.05, 0.1) is 10.9 Å². The van der Waals surface area contributed by atoms with Crippen LogP contribution in [0.2, 0.25) is 0 Å². The van der Waals surface area contributed by atoms with E-state index >= 15 is 0 Å². The lowest BCUT2D eigenvalue weighted by molar-refractivity contribution is 0.245. The van der Waals surface area contributed by atoms with Gasteiger partial charge in [-0.05, 0) is 73.5 Å². The summed E-state index contributed by atoms with van der Waals surface area (Å²) in [6.07, 6.45) is 8.63. The van der Waals surface area contributed by atoms with Crippen LogP contribution < -0.4 is 16.2 Å². The first-order chi connectivity index (χ1) is 15.0. The van der Waals surface area contributed by atoms with Crippen LogP contribution in [0.3, 0.4) is 0 Å². The van der Waals surface area contributed by atoms with Gasteiger partial charge in [0, 0.05) is 26.3 Å². The Hall–Kier alpha value is -2.92. The zero-order chi connectivity index (χ0) is 21.8. The molecular formula is C26H32N4O. The Bertz CT molecular complexity index is 1110. The second-order valence-corrected chi connectivity index (χ2v) is 8.86. The van der Waals surface area contributed by atoms with Crippen molar-refractivity contribution in [3.63, 3.8) is 0 Å². The highest BCUT2D eigenvalue weighted by atomic mass is 16.1. The van der Waals surface area contributed by atoms with Crippen LogP contribution in [0.5, 0.6) is 0 Å². The molecule has 2 atom stereocenters. The summed E-state index contributed by atoms with van der Waals surface area (Å²) >= 11 is 0. The Balaban J connectivity index is 1.69. The van der Waals surface area contributed by atoms with E-state index in [2.05, 4.69) is 29.2 Å². The number of rotatable bonds is 6. The Morgan fingerprint density at radius 2 is 1.81 bits per heavy atom. The number of aromatic nitrogens is 2. The topological polar surface area (TPSA) is 64.2 Å². The first-order valence-corrected chi connectivity index (χ1v) is 11.2. The summed E-state index contributed by atoms with van der Waals surface area (Å²) in [5.41, 5.74) is 8.97. The van der Waals surface area contributed by atoms with Crippen LogP contribution in [0.4, 0.5) is 5.69 Å². The fraction of sp³-hybridized carbons (Fsp3) is 0.385. The molecule has 5 nitrogen and oxygen atoms in total. The highest BCUT2D eigenvalue weighted by Crippen LogP contribution is 2.29. The Morgan fingerprint density at radius 1 is 1.06 bits per heavy atom. The van der Waals surface area contributed by atoms with Crippen molar-refractivity contribution < 1.29 is 0 Å². The molecule has 162 valence electrons. The molecule has 0 amide bonds. The summed E-state index contributed by atoms with van der Waals surface area (Å²) in [6, 6.07) is 16.0. The van der Waals surface area contributed by atoms with E-state index in [0.29, 0.717) is 23.8 Å². The number of hydrogen-bond acceptors (Lipinski definition) is 4. The normalized spacial score (nSPS) is 19.2. The molecule has 2 aromatic carbocycles. The van der Waals surface area contributed by atoms with E-state index in [4.69, 9.17) is 10.7 Å². The second-order valence-electron chi connectivity index (χ2n) is 8.86. The number of nitrogens with two attached hydrogens (primary N) is 1. The summed E-state index contributed by atoms with van der Waals surface area (Å²) in [5, 5.41) is 0.682. The van der Waals surface area contributed by atoms with Gasteiger partial charge in [0.1, 0.15) is 5.82 Å². The van der Waals surface area contributed by atoms with Crippen molar-refractivity contribution >= 4 is 28.7 Å². The Morgan fingerprint density at radius 3 is 2.55 bits per heavy atom. The average Bonchev–Trinajstić information content (AvgIpc) is 2.80. The van der Waals surface area contributed by atoms with Crippen molar-refractivity contribution in [2.24, 2.45) is 17.6 Å².